The molecule has 0 aromatic heterocycles. The van der Waals surface area contributed by atoms with E-state index in [1.165, 1.54) is 0 Å². The topological polar surface area (TPSA) is 44.8 Å². The van der Waals surface area contributed by atoms with Crippen molar-refractivity contribution in [3.63, 3.8) is 0 Å². The van der Waals surface area contributed by atoms with Crippen molar-refractivity contribution in [1.82, 2.24) is 0 Å². The fourth-order valence-electron chi connectivity index (χ4n) is 3.48. The van der Waals surface area contributed by atoms with E-state index in [0.717, 1.165) is 33.3 Å². The Morgan fingerprint density at radius 2 is 1.26 bits per heavy atom. The number of hydrogen-bond acceptors (Lipinski definition) is 4. The molecule has 0 amide bonds. The first-order chi connectivity index (χ1) is 14.1. The molecule has 8 heteroatoms. The summed E-state index contributed by atoms with van der Waals surface area (Å²) in [6, 6.07) is 12.1. The van der Waals surface area contributed by atoms with Crippen molar-refractivity contribution in [2.24, 2.45) is 0 Å². The third-order valence-corrected chi connectivity index (χ3v) is 7.62. The van der Waals surface area contributed by atoms with Crippen LogP contribution in [-0.4, -0.2) is 37.9 Å². The minimum Gasteiger partial charge on any atom is -0.450 e. The number of ketones is 1. The molecule has 0 heterocycles. The number of hydrogen-bond donors (Lipinski definition) is 0. The highest BCUT2D eigenvalue weighted by Crippen LogP contribution is 2.37. The third kappa shape index (κ3) is 6.37. The lowest BCUT2D eigenvalue weighted by atomic mass is 9.78. The minimum atomic E-state index is -1.83. The maximum atomic E-state index is 13.1. The van der Waals surface area contributed by atoms with E-state index in [9.17, 15) is 4.79 Å². The molecular formula is C23H35BO4Si3. The van der Waals surface area contributed by atoms with Gasteiger partial charge in [0.05, 0.1) is 6.61 Å². The fraction of sp³-hybridized carbons (Fsp3) is 0.435. The quantitative estimate of drug-likeness (QED) is 0.399. The standard InChI is InChI=1S/C23H35BO4Si3/c1-29(2,3)26-16-17-10-12-19-21-15-18(11-13-20(21)23(25)22(19)14-17)24(27-30(4,5)6)28-31(7,8)9/h10-15H,16H2,1-9H3. The fourth-order valence-corrected chi connectivity index (χ4v) is 5.83. The molecule has 166 valence electrons. The van der Waals surface area contributed by atoms with Gasteiger partial charge in [-0.1, -0.05) is 30.3 Å². The lowest BCUT2D eigenvalue weighted by molar-refractivity contribution is 0.104. The van der Waals surface area contributed by atoms with Gasteiger partial charge in [-0.25, -0.2) is 0 Å². The first-order valence-corrected chi connectivity index (χ1v) is 21.2. The number of rotatable bonds is 8. The lowest BCUT2D eigenvalue weighted by Gasteiger charge is -2.29. The van der Waals surface area contributed by atoms with Gasteiger partial charge in [0.15, 0.2) is 30.7 Å². The second kappa shape index (κ2) is 8.57. The van der Waals surface area contributed by atoms with Gasteiger partial charge in [-0.15, -0.1) is 0 Å². The summed E-state index contributed by atoms with van der Waals surface area (Å²) in [5, 5.41) is 0. The van der Waals surface area contributed by atoms with E-state index in [1.807, 2.05) is 18.2 Å². The van der Waals surface area contributed by atoms with Gasteiger partial charge < -0.3 is 13.1 Å². The van der Waals surface area contributed by atoms with E-state index in [2.05, 4.69) is 77.1 Å². The van der Waals surface area contributed by atoms with Crippen LogP contribution >= 0.6 is 0 Å². The van der Waals surface area contributed by atoms with Gasteiger partial charge in [0.1, 0.15) is 0 Å². The van der Waals surface area contributed by atoms with Crippen LogP contribution in [0.2, 0.25) is 58.9 Å². The van der Waals surface area contributed by atoms with Gasteiger partial charge >= 0.3 is 7.12 Å². The summed E-state index contributed by atoms with van der Waals surface area (Å²) in [6.07, 6.45) is 0. The zero-order valence-corrected chi connectivity index (χ0v) is 23.4. The van der Waals surface area contributed by atoms with Gasteiger partial charge in [-0.3, -0.25) is 4.79 Å². The molecule has 0 unspecified atom stereocenters. The maximum Gasteiger partial charge on any atom is 0.472 e. The van der Waals surface area contributed by atoms with Crippen molar-refractivity contribution < 1.29 is 17.9 Å². The van der Waals surface area contributed by atoms with E-state index >= 15 is 0 Å². The monoisotopic (exact) mass is 470 g/mol. The molecule has 1 aliphatic rings. The molecule has 0 saturated heterocycles. The molecule has 0 fully saturated rings. The van der Waals surface area contributed by atoms with Crippen molar-refractivity contribution >= 4 is 43.3 Å². The highest BCUT2D eigenvalue weighted by atomic mass is 28.4. The highest BCUT2D eigenvalue weighted by molar-refractivity contribution is 6.85. The molecule has 0 radical (unpaired) electrons. The van der Waals surface area contributed by atoms with Crippen LogP contribution in [-0.2, 0) is 19.7 Å². The Balaban J connectivity index is 1.96. The van der Waals surface area contributed by atoms with Crippen LogP contribution in [0, 0.1) is 0 Å². The number of benzene rings is 2. The molecular weight excluding hydrogens is 435 g/mol. The van der Waals surface area contributed by atoms with Gasteiger partial charge in [0, 0.05) is 11.1 Å². The summed E-state index contributed by atoms with van der Waals surface area (Å²) in [4.78, 5) is 13.1. The second-order valence-electron chi connectivity index (χ2n) is 11.2. The molecule has 3 rings (SSSR count). The van der Waals surface area contributed by atoms with Crippen molar-refractivity contribution in [2.45, 2.75) is 65.5 Å². The van der Waals surface area contributed by atoms with Crippen LogP contribution in [0.5, 0.6) is 0 Å². The predicted octanol–water partition coefficient (Wildman–Crippen LogP) is 5.65. The van der Waals surface area contributed by atoms with Gasteiger partial charge in [0.2, 0.25) is 0 Å². The Bertz CT molecular complexity index is 972. The van der Waals surface area contributed by atoms with Crippen LogP contribution in [0.1, 0.15) is 21.5 Å². The van der Waals surface area contributed by atoms with Crippen LogP contribution in [0.25, 0.3) is 11.1 Å². The average molecular weight is 471 g/mol. The van der Waals surface area contributed by atoms with E-state index in [1.54, 1.807) is 0 Å². The zero-order valence-electron chi connectivity index (χ0n) is 20.4. The van der Waals surface area contributed by atoms with Crippen LogP contribution in [0.4, 0.5) is 0 Å². The molecule has 1 aliphatic carbocycles. The molecule has 0 saturated carbocycles. The highest BCUT2D eigenvalue weighted by Gasteiger charge is 2.35. The lowest BCUT2D eigenvalue weighted by Crippen LogP contribution is -2.50. The number of carbonyl (C=O) groups excluding carboxylic acids is 1. The van der Waals surface area contributed by atoms with Gasteiger partial charge in [-0.05, 0) is 87.1 Å². The Morgan fingerprint density at radius 3 is 1.81 bits per heavy atom. The van der Waals surface area contributed by atoms with Gasteiger partial charge in [0.25, 0.3) is 0 Å². The van der Waals surface area contributed by atoms with E-state index in [-0.39, 0.29) is 5.78 Å². The SMILES string of the molecule is C[Si](C)(C)OCc1ccc2c(c1)C(=O)c1ccc(B(O[Si](C)(C)C)O[Si](C)(C)C)cc1-2. The molecule has 2 aromatic carbocycles. The predicted molar refractivity (Wildman–Crippen MR) is 138 cm³/mol. The molecule has 0 atom stereocenters. The molecule has 31 heavy (non-hydrogen) atoms. The van der Waals surface area contributed by atoms with Crippen LogP contribution in [0.15, 0.2) is 36.4 Å². The van der Waals surface area contributed by atoms with Crippen molar-refractivity contribution in [3.8, 4) is 11.1 Å². The van der Waals surface area contributed by atoms with Crippen LogP contribution < -0.4 is 5.46 Å². The molecule has 4 nitrogen and oxygen atoms in total. The molecule has 0 aliphatic heterocycles. The number of carbonyl (C=O) groups is 1. The minimum absolute atomic E-state index is 0.0835. The van der Waals surface area contributed by atoms with Crippen molar-refractivity contribution in [1.29, 1.82) is 0 Å². The first-order valence-electron chi connectivity index (χ1n) is 10.9. The zero-order chi connectivity index (χ0) is 23.2. The van der Waals surface area contributed by atoms with E-state index in [0.29, 0.717) is 6.61 Å². The summed E-state index contributed by atoms with van der Waals surface area (Å²) in [6.45, 7) is 20.1. The third-order valence-electron chi connectivity index (χ3n) is 4.77. The summed E-state index contributed by atoms with van der Waals surface area (Å²) in [7, 11) is -5.66. The van der Waals surface area contributed by atoms with Crippen LogP contribution in [0.3, 0.4) is 0 Å². The first kappa shape index (κ1) is 24.4. The normalized spacial score (nSPS) is 13.9. The van der Waals surface area contributed by atoms with Crippen molar-refractivity contribution in [2.75, 3.05) is 0 Å². The number of fused-ring (bicyclic) bond motifs is 3. The van der Waals surface area contributed by atoms with E-state index < -0.39 is 32.1 Å². The maximum absolute atomic E-state index is 13.1. The summed E-state index contributed by atoms with van der Waals surface area (Å²) in [5.74, 6) is 0.0835. The van der Waals surface area contributed by atoms with E-state index in [4.69, 9.17) is 13.1 Å². The molecule has 0 spiro atoms. The molecule has 0 N–H and O–H groups in total. The molecule has 2 aromatic rings. The average Bonchev–Trinajstić information content (AvgIpc) is 2.88. The summed E-state index contributed by atoms with van der Waals surface area (Å²) >= 11 is 0. The second-order valence-corrected chi connectivity index (χ2v) is 24.6. The Hall–Kier alpha value is -1.29. The summed E-state index contributed by atoms with van der Waals surface area (Å²) < 4.78 is 18.9. The smallest absolute Gasteiger partial charge is 0.450 e. The van der Waals surface area contributed by atoms with Gasteiger partial charge in [-0.2, -0.15) is 0 Å². The summed E-state index contributed by atoms with van der Waals surface area (Å²) in [5.41, 5.74) is 5.50. The Morgan fingerprint density at radius 1 is 0.677 bits per heavy atom. The Labute approximate surface area is 190 Å². The molecule has 0 bridgehead atoms. The Kier molecular flexibility index (Phi) is 6.73. The van der Waals surface area contributed by atoms with Crippen molar-refractivity contribution in [3.05, 3.63) is 53.1 Å². The largest absolute Gasteiger partial charge is 0.472 e.